The van der Waals surface area contributed by atoms with Crippen LogP contribution < -0.4 is 5.32 Å². The number of carbonyl (C=O) groups excluding carboxylic acids is 3. The number of aliphatic imine (C=N–C) groups is 1. The van der Waals surface area contributed by atoms with E-state index in [4.69, 9.17) is 16.3 Å². The second kappa shape index (κ2) is 14.0. The summed E-state index contributed by atoms with van der Waals surface area (Å²) >= 11 is 7.29. The Hall–Kier alpha value is -2.84. The number of ether oxygens (including phenoxy) is 1. The first-order chi connectivity index (χ1) is 17.4. The summed E-state index contributed by atoms with van der Waals surface area (Å²) in [6.07, 6.45) is 5.49. The fourth-order valence-electron chi connectivity index (χ4n) is 3.69. The van der Waals surface area contributed by atoms with Gasteiger partial charge in [0.1, 0.15) is 5.25 Å². The lowest BCUT2D eigenvalue weighted by Crippen LogP contribution is -2.45. The minimum Gasteiger partial charge on any atom is -0.462 e. The predicted molar refractivity (Wildman–Crippen MR) is 146 cm³/mol. The van der Waals surface area contributed by atoms with Crippen LogP contribution in [-0.4, -0.2) is 46.3 Å². The first-order valence-corrected chi connectivity index (χ1v) is 13.6. The second-order valence-corrected chi connectivity index (χ2v) is 10.0. The largest absolute Gasteiger partial charge is 0.462 e. The molecule has 1 unspecified atom stereocenters. The smallest absolute Gasteiger partial charge is 0.338 e. The van der Waals surface area contributed by atoms with Gasteiger partial charge in [-0.15, -0.1) is 0 Å². The molecule has 7 nitrogen and oxygen atoms in total. The Kier molecular flexibility index (Phi) is 10.8. The van der Waals surface area contributed by atoms with E-state index in [1.165, 1.54) is 18.2 Å². The number of nitrogens with one attached hydrogen (secondary N) is 1. The van der Waals surface area contributed by atoms with Crippen molar-refractivity contribution in [3.63, 3.8) is 0 Å². The van der Waals surface area contributed by atoms with Crippen molar-refractivity contribution in [1.29, 1.82) is 0 Å². The van der Waals surface area contributed by atoms with Crippen LogP contribution in [0.4, 0.5) is 11.4 Å². The molecule has 1 aliphatic rings. The van der Waals surface area contributed by atoms with Crippen LogP contribution in [-0.2, 0) is 14.3 Å². The zero-order valence-corrected chi connectivity index (χ0v) is 22.2. The third kappa shape index (κ3) is 8.10. The fraction of sp³-hybridized carbons (Fsp3) is 0.407. The van der Waals surface area contributed by atoms with Gasteiger partial charge in [-0.05, 0) is 61.9 Å². The van der Waals surface area contributed by atoms with E-state index in [-0.39, 0.29) is 18.2 Å². The van der Waals surface area contributed by atoms with Crippen molar-refractivity contribution in [1.82, 2.24) is 4.90 Å². The Labute approximate surface area is 221 Å². The van der Waals surface area contributed by atoms with Gasteiger partial charge in [-0.25, -0.2) is 9.79 Å². The highest BCUT2D eigenvalue weighted by molar-refractivity contribution is 8.15. The van der Waals surface area contributed by atoms with E-state index >= 15 is 0 Å². The number of unbranched alkanes of at least 4 members (excludes halogenated alkanes) is 4. The number of carbonyl (C=O) groups is 3. The quantitative estimate of drug-likeness (QED) is 0.267. The van der Waals surface area contributed by atoms with Crippen LogP contribution in [0.2, 0.25) is 5.02 Å². The summed E-state index contributed by atoms with van der Waals surface area (Å²) in [5, 5.41) is 3.35. The summed E-state index contributed by atoms with van der Waals surface area (Å²) in [5.74, 6) is -0.819. The summed E-state index contributed by atoms with van der Waals surface area (Å²) < 4.78 is 4.99. The first kappa shape index (κ1) is 27.7. The minimum absolute atomic E-state index is 0.0893. The molecule has 0 radical (unpaired) electrons. The zero-order valence-electron chi connectivity index (χ0n) is 20.7. The molecule has 192 valence electrons. The van der Waals surface area contributed by atoms with Crippen molar-refractivity contribution < 1.29 is 19.1 Å². The third-order valence-corrected chi connectivity index (χ3v) is 7.07. The lowest BCUT2D eigenvalue weighted by atomic mass is 10.1. The number of esters is 1. The van der Waals surface area contributed by atoms with Crippen LogP contribution in [0, 0.1) is 0 Å². The van der Waals surface area contributed by atoms with E-state index in [1.807, 2.05) is 0 Å². The summed E-state index contributed by atoms with van der Waals surface area (Å²) in [5.41, 5.74) is 1.61. The molecule has 1 heterocycles. The first-order valence-electron chi connectivity index (χ1n) is 12.3. The minimum atomic E-state index is -0.621. The molecule has 2 aromatic rings. The highest BCUT2D eigenvalue weighted by Gasteiger charge is 2.35. The number of anilines is 1. The Bertz CT molecular complexity index is 1070. The molecule has 1 N–H and O–H groups in total. The molecule has 36 heavy (non-hydrogen) atoms. The number of rotatable bonds is 11. The van der Waals surface area contributed by atoms with E-state index in [0.717, 1.165) is 25.7 Å². The number of nitrogens with zero attached hydrogens (tertiary/aromatic N) is 2. The molecule has 2 aromatic carbocycles. The van der Waals surface area contributed by atoms with E-state index in [9.17, 15) is 14.4 Å². The molecule has 1 fully saturated rings. The number of amidine groups is 1. The average molecular weight is 530 g/mol. The van der Waals surface area contributed by atoms with Gasteiger partial charge in [-0.1, -0.05) is 56.0 Å². The van der Waals surface area contributed by atoms with Gasteiger partial charge < -0.3 is 10.1 Å². The van der Waals surface area contributed by atoms with Crippen LogP contribution in [0.3, 0.4) is 0 Å². The molecule has 2 amide bonds. The molecular formula is C27H32ClN3O4S. The van der Waals surface area contributed by atoms with Crippen molar-refractivity contribution in [2.75, 3.05) is 18.5 Å². The van der Waals surface area contributed by atoms with Crippen LogP contribution >= 0.6 is 23.4 Å². The van der Waals surface area contributed by atoms with E-state index in [1.54, 1.807) is 60.4 Å². The van der Waals surface area contributed by atoms with Gasteiger partial charge >= 0.3 is 5.97 Å². The monoisotopic (exact) mass is 529 g/mol. The normalized spacial score (nSPS) is 16.8. The standard InChI is InChI=1S/C27H32ClN3O4S/c1-3-5-6-7-8-17-31-24(32)18-23(36-27(31)30-22-15-11-20(28)12-16-22)25(33)29-21-13-9-19(10-14-21)26(34)35-4-2/h9-16,23H,3-8,17-18H2,1-2H3,(H,29,33). The molecule has 3 rings (SSSR count). The number of hydrogen-bond acceptors (Lipinski definition) is 6. The highest BCUT2D eigenvalue weighted by atomic mass is 35.5. The molecule has 0 aromatic heterocycles. The summed E-state index contributed by atoms with van der Waals surface area (Å²) in [6, 6.07) is 13.5. The Morgan fingerprint density at radius 3 is 2.42 bits per heavy atom. The fourth-order valence-corrected chi connectivity index (χ4v) is 4.94. The number of halogens is 1. The van der Waals surface area contributed by atoms with Gasteiger partial charge in [0.05, 0.1) is 17.9 Å². The summed E-state index contributed by atoms with van der Waals surface area (Å²) in [6.45, 7) is 4.78. The van der Waals surface area contributed by atoms with Gasteiger partial charge in [0.2, 0.25) is 11.8 Å². The molecule has 9 heteroatoms. The topological polar surface area (TPSA) is 88.1 Å². The highest BCUT2D eigenvalue weighted by Crippen LogP contribution is 2.30. The van der Waals surface area contributed by atoms with Crippen molar-refractivity contribution in [3.05, 3.63) is 59.1 Å². The van der Waals surface area contributed by atoms with E-state index < -0.39 is 11.2 Å². The van der Waals surface area contributed by atoms with Crippen LogP contribution in [0.15, 0.2) is 53.5 Å². The number of benzene rings is 2. The Morgan fingerprint density at radius 1 is 1.06 bits per heavy atom. The van der Waals surface area contributed by atoms with Gasteiger partial charge in [-0.2, -0.15) is 0 Å². The lowest BCUT2D eigenvalue weighted by molar-refractivity contribution is -0.129. The second-order valence-electron chi connectivity index (χ2n) is 8.43. The van der Waals surface area contributed by atoms with E-state index in [2.05, 4.69) is 17.2 Å². The van der Waals surface area contributed by atoms with Crippen LogP contribution in [0.5, 0.6) is 0 Å². The van der Waals surface area contributed by atoms with Crippen LogP contribution in [0.25, 0.3) is 0 Å². The molecule has 0 bridgehead atoms. The zero-order chi connectivity index (χ0) is 25.9. The van der Waals surface area contributed by atoms with Gasteiger partial charge in [0.25, 0.3) is 0 Å². The maximum Gasteiger partial charge on any atom is 0.338 e. The van der Waals surface area contributed by atoms with Crippen molar-refractivity contribution in [3.8, 4) is 0 Å². The molecular weight excluding hydrogens is 498 g/mol. The van der Waals surface area contributed by atoms with Gasteiger partial charge in [0, 0.05) is 23.7 Å². The summed E-state index contributed by atoms with van der Waals surface area (Å²) in [4.78, 5) is 44.4. The molecule has 0 aliphatic carbocycles. The number of hydrogen-bond donors (Lipinski definition) is 1. The molecule has 0 spiro atoms. The van der Waals surface area contributed by atoms with Gasteiger partial charge in [0.15, 0.2) is 5.17 Å². The molecule has 1 atom stereocenters. The maximum atomic E-state index is 13.1. The van der Waals surface area contributed by atoms with Crippen molar-refractivity contribution in [2.45, 2.75) is 57.6 Å². The molecule has 1 aliphatic heterocycles. The Balaban J connectivity index is 1.71. The SMILES string of the molecule is CCCCCCCN1C(=O)CC(C(=O)Nc2ccc(C(=O)OCC)cc2)SC1=Nc1ccc(Cl)cc1. The summed E-state index contributed by atoms with van der Waals surface area (Å²) in [7, 11) is 0. The molecule has 1 saturated heterocycles. The third-order valence-electron chi connectivity index (χ3n) is 5.63. The number of amides is 2. The molecule has 0 saturated carbocycles. The Morgan fingerprint density at radius 2 is 1.75 bits per heavy atom. The predicted octanol–water partition coefficient (Wildman–Crippen LogP) is 6.45. The maximum absolute atomic E-state index is 13.1. The van der Waals surface area contributed by atoms with Crippen LogP contribution in [0.1, 0.15) is 62.7 Å². The van der Waals surface area contributed by atoms with Crippen molar-refractivity contribution in [2.24, 2.45) is 4.99 Å². The average Bonchev–Trinajstić information content (AvgIpc) is 2.87. The van der Waals surface area contributed by atoms with E-state index in [0.29, 0.717) is 40.3 Å². The lowest BCUT2D eigenvalue weighted by Gasteiger charge is -2.32. The van der Waals surface area contributed by atoms with Gasteiger partial charge in [-0.3, -0.25) is 14.5 Å². The number of thioether (sulfide) groups is 1. The van der Waals surface area contributed by atoms with Crippen molar-refractivity contribution >= 4 is 57.7 Å².